The SMILES string of the molecule is COc1ccc(NC(=O)C2CCN(C(=O)C(C)C)CC2)c(C(=O)O)c1. The van der Waals surface area contributed by atoms with Gasteiger partial charge in [0.25, 0.3) is 0 Å². The summed E-state index contributed by atoms with van der Waals surface area (Å²) < 4.78 is 5.02. The van der Waals surface area contributed by atoms with E-state index in [-0.39, 0.29) is 34.9 Å². The van der Waals surface area contributed by atoms with Crippen LogP contribution in [-0.4, -0.2) is 48.0 Å². The van der Waals surface area contributed by atoms with Crippen LogP contribution in [0, 0.1) is 11.8 Å². The Hall–Kier alpha value is -2.57. The number of carboxylic acids is 1. The summed E-state index contributed by atoms with van der Waals surface area (Å²) in [6.45, 7) is 4.81. The fourth-order valence-corrected chi connectivity index (χ4v) is 2.90. The summed E-state index contributed by atoms with van der Waals surface area (Å²) in [5.41, 5.74) is 0.235. The van der Waals surface area contributed by atoms with E-state index in [1.54, 1.807) is 11.0 Å². The number of carbonyl (C=O) groups is 3. The van der Waals surface area contributed by atoms with E-state index in [2.05, 4.69) is 5.32 Å². The molecule has 1 fully saturated rings. The maximum absolute atomic E-state index is 12.5. The van der Waals surface area contributed by atoms with Crippen LogP contribution in [0.5, 0.6) is 5.75 Å². The van der Waals surface area contributed by atoms with Crippen LogP contribution in [0.15, 0.2) is 18.2 Å². The van der Waals surface area contributed by atoms with Gasteiger partial charge in [0.2, 0.25) is 11.8 Å². The molecular weight excluding hydrogens is 324 g/mol. The average molecular weight is 348 g/mol. The van der Waals surface area contributed by atoms with Crippen LogP contribution in [0.2, 0.25) is 0 Å². The molecule has 0 radical (unpaired) electrons. The number of hydrogen-bond donors (Lipinski definition) is 2. The molecule has 2 N–H and O–H groups in total. The zero-order chi connectivity index (χ0) is 18.6. The van der Waals surface area contributed by atoms with E-state index in [9.17, 15) is 19.5 Å². The molecule has 1 heterocycles. The number of hydrogen-bond acceptors (Lipinski definition) is 4. The monoisotopic (exact) mass is 348 g/mol. The van der Waals surface area contributed by atoms with E-state index in [1.807, 2.05) is 13.8 Å². The number of carboxylic acid groups (broad SMARTS) is 1. The number of ether oxygens (including phenoxy) is 1. The Labute approximate surface area is 147 Å². The quantitative estimate of drug-likeness (QED) is 0.851. The number of piperidine rings is 1. The van der Waals surface area contributed by atoms with Crippen molar-refractivity contribution in [3.63, 3.8) is 0 Å². The minimum absolute atomic E-state index is 0.0138. The second kappa shape index (κ2) is 8.00. The Bertz CT molecular complexity index is 663. The van der Waals surface area contributed by atoms with Crippen LogP contribution >= 0.6 is 0 Å². The molecule has 0 aromatic heterocycles. The third-order valence-electron chi connectivity index (χ3n) is 4.39. The molecule has 1 aromatic carbocycles. The first-order valence-electron chi connectivity index (χ1n) is 8.34. The first kappa shape index (κ1) is 18.8. The highest BCUT2D eigenvalue weighted by Crippen LogP contribution is 2.25. The van der Waals surface area contributed by atoms with Crippen LogP contribution < -0.4 is 10.1 Å². The summed E-state index contributed by atoms with van der Waals surface area (Å²) in [6, 6.07) is 4.51. The van der Waals surface area contributed by atoms with Gasteiger partial charge in [-0.05, 0) is 31.0 Å². The Morgan fingerprint density at radius 3 is 2.40 bits per heavy atom. The lowest BCUT2D eigenvalue weighted by atomic mass is 9.95. The van der Waals surface area contributed by atoms with Gasteiger partial charge in [0.1, 0.15) is 5.75 Å². The Kier molecular flexibility index (Phi) is 6.01. The summed E-state index contributed by atoms with van der Waals surface area (Å²) >= 11 is 0. The number of amides is 2. The topological polar surface area (TPSA) is 95.9 Å². The first-order chi connectivity index (χ1) is 11.8. The summed E-state index contributed by atoms with van der Waals surface area (Å²) in [5, 5.41) is 12.0. The molecule has 0 bridgehead atoms. The molecule has 0 saturated carbocycles. The van der Waals surface area contributed by atoms with Gasteiger partial charge in [-0.15, -0.1) is 0 Å². The van der Waals surface area contributed by atoms with E-state index >= 15 is 0 Å². The van der Waals surface area contributed by atoms with Gasteiger partial charge in [-0.3, -0.25) is 9.59 Å². The van der Waals surface area contributed by atoms with Gasteiger partial charge < -0.3 is 20.1 Å². The Morgan fingerprint density at radius 2 is 1.88 bits per heavy atom. The lowest BCUT2D eigenvalue weighted by Crippen LogP contribution is -2.43. The zero-order valence-electron chi connectivity index (χ0n) is 14.7. The molecule has 2 rings (SSSR count). The molecule has 7 heteroatoms. The Morgan fingerprint density at radius 1 is 1.24 bits per heavy atom. The molecule has 1 aromatic rings. The predicted molar refractivity (Wildman–Crippen MR) is 92.7 cm³/mol. The van der Waals surface area contributed by atoms with Gasteiger partial charge in [-0.1, -0.05) is 13.8 Å². The van der Waals surface area contributed by atoms with Gasteiger partial charge in [0.05, 0.1) is 18.4 Å². The number of carbonyl (C=O) groups excluding carboxylic acids is 2. The van der Waals surface area contributed by atoms with Crippen LogP contribution in [0.25, 0.3) is 0 Å². The first-order valence-corrected chi connectivity index (χ1v) is 8.34. The number of rotatable bonds is 5. The summed E-state index contributed by atoms with van der Waals surface area (Å²) in [7, 11) is 1.45. The van der Waals surface area contributed by atoms with Crippen molar-refractivity contribution in [1.82, 2.24) is 4.90 Å². The van der Waals surface area contributed by atoms with Gasteiger partial charge in [-0.2, -0.15) is 0 Å². The van der Waals surface area contributed by atoms with Crippen molar-refractivity contribution in [3.8, 4) is 5.75 Å². The molecule has 1 saturated heterocycles. The van der Waals surface area contributed by atoms with Crippen molar-refractivity contribution in [2.24, 2.45) is 11.8 Å². The second-order valence-corrected chi connectivity index (χ2v) is 6.46. The normalized spacial score (nSPS) is 15.1. The maximum atomic E-state index is 12.5. The van der Waals surface area contributed by atoms with Crippen LogP contribution in [-0.2, 0) is 9.59 Å². The van der Waals surface area contributed by atoms with Gasteiger partial charge in [0, 0.05) is 24.9 Å². The van der Waals surface area contributed by atoms with Crippen molar-refractivity contribution in [2.45, 2.75) is 26.7 Å². The van der Waals surface area contributed by atoms with Crippen LogP contribution in [0.4, 0.5) is 5.69 Å². The zero-order valence-corrected chi connectivity index (χ0v) is 14.7. The van der Waals surface area contributed by atoms with Crippen molar-refractivity contribution in [1.29, 1.82) is 0 Å². The van der Waals surface area contributed by atoms with E-state index in [1.165, 1.54) is 19.2 Å². The molecule has 0 aliphatic carbocycles. The number of anilines is 1. The number of nitrogens with zero attached hydrogens (tertiary/aromatic N) is 1. The third kappa shape index (κ3) is 4.49. The highest BCUT2D eigenvalue weighted by Gasteiger charge is 2.28. The maximum Gasteiger partial charge on any atom is 0.337 e. The molecule has 1 aliphatic heterocycles. The third-order valence-corrected chi connectivity index (χ3v) is 4.39. The fourth-order valence-electron chi connectivity index (χ4n) is 2.90. The molecule has 0 atom stereocenters. The van der Waals surface area contributed by atoms with E-state index < -0.39 is 5.97 Å². The second-order valence-electron chi connectivity index (χ2n) is 6.46. The minimum Gasteiger partial charge on any atom is -0.497 e. The standard InChI is InChI=1S/C18H24N2O5/c1-11(2)17(22)20-8-6-12(7-9-20)16(21)19-15-5-4-13(25-3)10-14(15)18(23)24/h4-5,10-12H,6-9H2,1-3H3,(H,19,21)(H,23,24). The summed E-state index contributed by atoms with van der Waals surface area (Å²) in [5.74, 6) is -1.13. The van der Waals surface area contributed by atoms with E-state index in [0.717, 1.165) is 0 Å². The number of likely N-dealkylation sites (tertiary alicyclic amines) is 1. The highest BCUT2D eigenvalue weighted by molar-refractivity contribution is 6.01. The summed E-state index contributed by atoms with van der Waals surface area (Å²) in [6.07, 6.45) is 1.14. The lowest BCUT2D eigenvalue weighted by molar-refractivity contribution is -0.137. The van der Waals surface area contributed by atoms with Crippen LogP contribution in [0.3, 0.4) is 0 Å². The molecule has 0 spiro atoms. The number of aromatic carboxylic acids is 1. The number of methoxy groups -OCH3 is 1. The average Bonchev–Trinajstić information content (AvgIpc) is 2.61. The van der Waals surface area contributed by atoms with Gasteiger partial charge in [-0.25, -0.2) is 4.79 Å². The van der Waals surface area contributed by atoms with Crippen molar-refractivity contribution in [2.75, 3.05) is 25.5 Å². The lowest BCUT2D eigenvalue weighted by Gasteiger charge is -2.32. The molecule has 25 heavy (non-hydrogen) atoms. The minimum atomic E-state index is -1.13. The van der Waals surface area contributed by atoms with Crippen molar-refractivity contribution >= 4 is 23.5 Å². The van der Waals surface area contributed by atoms with Crippen molar-refractivity contribution in [3.05, 3.63) is 23.8 Å². The molecule has 136 valence electrons. The molecular formula is C18H24N2O5. The van der Waals surface area contributed by atoms with Crippen LogP contribution in [0.1, 0.15) is 37.0 Å². The Balaban J connectivity index is 2.02. The van der Waals surface area contributed by atoms with Gasteiger partial charge >= 0.3 is 5.97 Å². The highest BCUT2D eigenvalue weighted by atomic mass is 16.5. The largest absolute Gasteiger partial charge is 0.497 e. The van der Waals surface area contributed by atoms with E-state index in [0.29, 0.717) is 31.7 Å². The predicted octanol–water partition coefficient (Wildman–Crippen LogP) is 2.23. The molecule has 7 nitrogen and oxygen atoms in total. The molecule has 1 aliphatic rings. The smallest absolute Gasteiger partial charge is 0.337 e. The molecule has 2 amide bonds. The van der Waals surface area contributed by atoms with Crippen molar-refractivity contribution < 1.29 is 24.2 Å². The molecule has 0 unspecified atom stereocenters. The summed E-state index contributed by atoms with van der Waals surface area (Å²) in [4.78, 5) is 37.6. The number of benzene rings is 1. The van der Waals surface area contributed by atoms with Gasteiger partial charge in [0.15, 0.2) is 0 Å². The fraction of sp³-hybridized carbons (Fsp3) is 0.500. The van der Waals surface area contributed by atoms with E-state index in [4.69, 9.17) is 4.74 Å². The number of nitrogens with one attached hydrogen (secondary N) is 1.